The number of carbonyl (C=O) groups is 2. The van der Waals surface area contributed by atoms with E-state index in [0.717, 1.165) is 0 Å². The van der Waals surface area contributed by atoms with Crippen LogP contribution in [0.15, 0.2) is 0 Å². The van der Waals surface area contributed by atoms with E-state index in [4.69, 9.17) is 35.7 Å². The van der Waals surface area contributed by atoms with Gasteiger partial charge < -0.3 is 35.7 Å². The van der Waals surface area contributed by atoms with Crippen LogP contribution in [0, 0.1) is 0 Å². The van der Waals surface area contributed by atoms with Crippen LogP contribution in [0.5, 0.6) is 0 Å². The second-order valence-electron chi connectivity index (χ2n) is 3.46. The number of hydrogen-bond acceptors (Lipinski definition) is 7. The number of aliphatic hydroxyl groups excluding tert-OH is 5. The van der Waals surface area contributed by atoms with E-state index in [-0.39, 0.29) is 39.3 Å². The number of carboxylic acid groups (broad SMARTS) is 2. The molecule has 0 aromatic rings. The Labute approximate surface area is 116 Å². The van der Waals surface area contributed by atoms with Crippen molar-refractivity contribution in [1.29, 1.82) is 0 Å². The highest BCUT2D eigenvalue weighted by Crippen LogP contribution is 1.98. The Morgan fingerprint density at radius 3 is 1.15 bits per heavy atom. The summed E-state index contributed by atoms with van der Waals surface area (Å²) in [4.78, 5) is 19.8. The van der Waals surface area contributed by atoms with Gasteiger partial charge in [-0.05, 0) is 12.8 Å². The minimum Gasteiger partial charge on any atom is -0.481 e. The molecule has 0 radical (unpaired) electrons. The fourth-order valence-corrected chi connectivity index (χ4v) is 0.610. The van der Waals surface area contributed by atoms with Gasteiger partial charge in [0.25, 0.3) is 0 Å². The number of aliphatic carboxylic acids is 2. The van der Waals surface area contributed by atoms with Crippen molar-refractivity contribution in [1.82, 2.24) is 0 Å². The summed E-state index contributed by atoms with van der Waals surface area (Å²) in [6.45, 7) is -0.979. The van der Waals surface area contributed by atoms with E-state index in [1.54, 1.807) is 0 Å². The molecule has 0 aliphatic carbocycles. The first-order valence-corrected chi connectivity index (χ1v) is 5.90. The predicted molar refractivity (Wildman–Crippen MR) is 68.1 cm³/mol. The molecule has 9 heteroatoms. The SMILES string of the molecule is O=C(O)CCCCC(=O)O.OCC(O)CO.OCCO. The summed E-state index contributed by atoms with van der Waals surface area (Å²) in [6, 6.07) is 0. The molecule has 122 valence electrons. The number of aliphatic hydroxyl groups is 5. The van der Waals surface area contributed by atoms with Gasteiger partial charge in [-0.2, -0.15) is 0 Å². The van der Waals surface area contributed by atoms with Crippen LogP contribution in [0.3, 0.4) is 0 Å². The average molecular weight is 300 g/mol. The largest absolute Gasteiger partial charge is 0.481 e. The third-order valence-electron chi connectivity index (χ3n) is 1.55. The number of carboxylic acids is 2. The second-order valence-corrected chi connectivity index (χ2v) is 3.46. The standard InChI is InChI=1S/C6H10O4.C3H8O3.C2H6O2/c7-5(8)3-1-2-4-6(9)10;4-1-3(6)2-5;3-1-2-4/h1-4H2,(H,7,8)(H,9,10);3-6H,1-2H2;3-4H,1-2H2. The summed E-state index contributed by atoms with van der Waals surface area (Å²) in [5, 5.41) is 55.5. The zero-order valence-electron chi connectivity index (χ0n) is 11.2. The fourth-order valence-electron chi connectivity index (χ4n) is 0.610. The van der Waals surface area contributed by atoms with Gasteiger partial charge in [-0.1, -0.05) is 0 Å². The molecule has 0 saturated carbocycles. The Kier molecular flexibility index (Phi) is 23.9. The number of unbranched alkanes of at least 4 members (excludes halogenated alkanes) is 1. The van der Waals surface area contributed by atoms with Gasteiger partial charge in [0.05, 0.1) is 26.4 Å². The summed E-state index contributed by atoms with van der Waals surface area (Å²) < 4.78 is 0. The molecule has 0 aliphatic rings. The molecule has 0 rings (SSSR count). The maximum absolute atomic E-state index is 9.90. The van der Waals surface area contributed by atoms with Gasteiger partial charge in [0.1, 0.15) is 6.10 Å². The zero-order valence-corrected chi connectivity index (χ0v) is 11.2. The molecule has 7 N–H and O–H groups in total. The highest BCUT2D eigenvalue weighted by atomic mass is 16.4. The van der Waals surface area contributed by atoms with Gasteiger partial charge in [-0.15, -0.1) is 0 Å². The van der Waals surface area contributed by atoms with Crippen molar-refractivity contribution in [3.63, 3.8) is 0 Å². The molecule has 0 bridgehead atoms. The van der Waals surface area contributed by atoms with Crippen molar-refractivity contribution in [2.24, 2.45) is 0 Å². The Morgan fingerprint density at radius 2 is 1.05 bits per heavy atom. The lowest BCUT2D eigenvalue weighted by molar-refractivity contribution is -0.139. The van der Waals surface area contributed by atoms with Crippen molar-refractivity contribution in [2.45, 2.75) is 31.8 Å². The Balaban J connectivity index is -0.000000246. The molecule has 0 aromatic heterocycles. The number of hydrogen-bond donors (Lipinski definition) is 7. The van der Waals surface area contributed by atoms with Crippen molar-refractivity contribution in [3.8, 4) is 0 Å². The minimum atomic E-state index is -0.954. The Hall–Kier alpha value is -1.26. The molecular formula is C11H24O9. The first kappa shape index (κ1) is 23.8. The van der Waals surface area contributed by atoms with E-state index in [9.17, 15) is 9.59 Å². The van der Waals surface area contributed by atoms with Gasteiger partial charge in [0.2, 0.25) is 0 Å². The van der Waals surface area contributed by atoms with E-state index in [1.807, 2.05) is 0 Å². The van der Waals surface area contributed by atoms with Gasteiger partial charge in [-0.25, -0.2) is 0 Å². The third kappa shape index (κ3) is 36.0. The van der Waals surface area contributed by atoms with Crippen LogP contribution in [-0.4, -0.2) is 80.2 Å². The lowest BCUT2D eigenvalue weighted by Gasteiger charge is -1.96. The normalized spacial score (nSPS) is 9.10. The molecule has 0 amide bonds. The molecule has 0 atom stereocenters. The smallest absolute Gasteiger partial charge is 0.303 e. The quantitative estimate of drug-likeness (QED) is 0.250. The van der Waals surface area contributed by atoms with Crippen molar-refractivity contribution >= 4 is 11.9 Å². The zero-order chi connectivity index (χ0) is 16.4. The monoisotopic (exact) mass is 300 g/mol. The van der Waals surface area contributed by atoms with Crippen molar-refractivity contribution in [3.05, 3.63) is 0 Å². The van der Waals surface area contributed by atoms with Gasteiger partial charge in [-0.3, -0.25) is 9.59 Å². The minimum absolute atomic E-state index is 0.0628. The summed E-state index contributed by atoms with van der Waals surface area (Å²) >= 11 is 0. The van der Waals surface area contributed by atoms with Crippen LogP contribution < -0.4 is 0 Å². The average Bonchev–Trinajstić information content (AvgIpc) is 2.43. The first-order valence-electron chi connectivity index (χ1n) is 5.90. The summed E-state index contributed by atoms with van der Waals surface area (Å²) in [7, 11) is 0. The van der Waals surface area contributed by atoms with E-state index >= 15 is 0 Å². The lowest BCUT2D eigenvalue weighted by atomic mass is 10.2. The third-order valence-corrected chi connectivity index (χ3v) is 1.55. The Morgan fingerprint density at radius 1 is 0.750 bits per heavy atom. The van der Waals surface area contributed by atoms with Crippen LogP contribution in [0.2, 0.25) is 0 Å². The summed E-state index contributed by atoms with van der Waals surface area (Å²) in [5.74, 6) is -1.74. The van der Waals surface area contributed by atoms with Gasteiger partial charge in [0.15, 0.2) is 0 Å². The second kappa shape index (κ2) is 20.1. The lowest BCUT2D eigenvalue weighted by Crippen LogP contribution is -2.15. The molecule has 0 spiro atoms. The molecule has 0 unspecified atom stereocenters. The van der Waals surface area contributed by atoms with Crippen LogP contribution in [0.25, 0.3) is 0 Å². The summed E-state index contributed by atoms with van der Waals surface area (Å²) in [5.41, 5.74) is 0. The van der Waals surface area contributed by atoms with Gasteiger partial charge >= 0.3 is 11.9 Å². The molecule has 0 aromatic carbocycles. The van der Waals surface area contributed by atoms with Gasteiger partial charge in [0, 0.05) is 12.8 Å². The molecule has 0 saturated heterocycles. The van der Waals surface area contributed by atoms with Crippen LogP contribution in [-0.2, 0) is 9.59 Å². The number of rotatable bonds is 8. The van der Waals surface area contributed by atoms with E-state index < -0.39 is 18.0 Å². The van der Waals surface area contributed by atoms with E-state index in [1.165, 1.54) is 0 Å². The highest BCUT2D eigenvalue weighted by Gasteiger charge is 1.99. The topological polar surface area (TPSA) is 176 Å². The maximum atomic E-state index is 9.90. The maximum Gasteiger partial charge on any atom is 0.303 e. The molecule has 0 heterocycles. The van der Waals surface area contributed by atoms with E-state index in [2.05, 4.69) is 0 Å². The molecule has 0 fully saturated rings. The van der Waals surface area contributed by atoms with Crippen LogP contribution in [0.4, 0.5) is 0 Å². The van der Waals surface area contributed by atoms with Crippen LogP contribution >= 0.6 is 0 Å². The van der Waals surface area contributed by atoms with Crippen LogP contribution in [0.1, 0.15) is 25.7 Å². The summed E-state index contributed by atoms with van der Waals surface area (Å²) in [6.07, 6.45) is 0.0640. The Bertz CT molecular complexity index is 198. The predicted octanol–water partition coefficient (Wildman–Crippen LogP) is -1.98. The highest BCUT2D eigenvalue weighted by molar-refractivity contribution is 5.67. The molecule has 0 aliphatic heterocycles. The molecule has 20 heavy (non-hydrogen) atoms. The van der Waals surface area contributed by atoms with E-state index in [0.29, 0.717) is 12.8 Å². The van der Waals surface area contributed by atoms with Crippen molar-refractivity contribution in [2.75, 3.05) is 26.4 Å². The fraction of sp³-hybridized carbons (Fsp3) is 0.818. The van der Waals surface area contributed by atoms with Crippen molar-refractivity contribution < 1.29 is 45.3 Å². The molecule has 9 nitrogen and oxygen atoms in total. The molecular weight excluding hydrogens is 276 g/mol. The first-order chi connectivity index (χ1) is 9.35.